The number of nitrogens with one attached hydrogen (secondary N) is 1. The Hall–Kier alpha value is -2.16. The van der Waals surface area contributed by atoms with E-state index in [1.807, 2.05) is 35.7 Å². The highest BCUT2D eigenvalue weighted by molar-refractivity contribution is 8.26. The van der Waals surface area contributed by atoms with Gasteiger partial charge in [0.05, 0.1) is 17.7 Å². The van der Waals surface area contributed by atoms with Gasteiger partial charge in [-0.05, 0) is 29.7 Å². The van der Waals surface area contributed by atoms with Crippen LogP contribution in [0.4, 0.5) is 5.69 Å². The lowest BCUT2D eigenvalue weighted by molar-refractivity contribution is -0.122. The quantitative estimate of drug-likeness (QED) is 0.583. The number of para-hydroxylation sites is 2. The Balaban J connectivity index is 1.60. The molecule has 1 aliphatic heterocycles. The van der Waals surface area contributed by atoms with Crippen molar-refractivity contribution in [1.29, 1.82) is 0 Å². The molecule has 3 rings (SSSR count). The van der Waals surface area contributed by atoms with Gasteiger partial charge in [-0.25, -0.2) is 0 Å². The number of carbonyl (C=O) groups is 2. The van der Waals surface area contributed by atoms with Crippen molar-refractivity contribution in [3.8, 4) is 5.75 Å². The summed E-state index contributed by atoms with van der Waals surface area (Å²) in [4.78, 5) is 27.8. The van der Waals surface area contributed by atoms with E-state index in [9.17, 15) is 9.59 Å². The fraction of sp³-hybridized carbons (Fsp3) is 0.167. The molecule has 1 aromatic heterocycles. The monoisotopic (exact) mass is 404 g/mol. The van der Waals surface area contributed by atoms with Gasteiger partial charge in [0.1, 0.15) is 10.1 Å². The highest BCUT2D eigenvalue weighted by Gasteiger charge is 2.32. The van der Waals surface area contributed by atoms with E-state index in [0.717, 1.165) is 4.88 Å². The fourth-order valence-electron chi connectivity index (χ4n) is 2.37. The number of nitrogens with zero attached hydrogens (tertiary/aromatic N) is 1. The summed E-state index contributed by atoms with van der Waals surface area (Å²) in [6.07, 6.45) is 1.98. The second kappa shape index (κ2) is 8.48. The van der Waals surface area contributed by atoms with E-state index in [2.05, 4.69) is 5.32 Å². The molecule has 0 atom stereocenters. The maximum absolute atomic E-state index is 12.5. The zero-order valence-electron chi connectivity index (χ0n) is 13.9. The zero-order valence-corrected chi connectivity index (χ0v) is 16.4. The number of thiophene rings is 1. The summed E-state index contributed by atoms with van der Waals surface area (Å²) in [6, 6.07) is 11.1. The summed E-state index contributed by atoms with van der Waals surface area (Å²) < 4.78 is 5.69. The molecule has 2 amide bonds. The van der Waals surface area contributed by atoms with Crippen molar-refractivity contribution in [2.45, 2.75) is 6.42 Å². The van der Waals surface area contributed by atoms with Crippen LogP contribution in [0.1, 0.15) is 11.3 Å². The molecule has 2 aromatic rings. The minimum Gasteiger partial charge on any atom is -0.495 e. The standard InChI is InChI=1S/C18H16N2O3S3/c1-23-14-7-3-2-6-13(14)19-16(21)8-9-20-17(22)15(26-18(20)24)11-12-5-4-10-25-12/h2-7,10-11H,8-9H2,1H3,(H,19,21)/b15-11-. The maximum Gasteiger partial charge on any atom is 0.266 e. The molecule has 0 bridgehead atoms. The topological polar surface area (TPSA) is 58.6 Å². The van der Waals surface area contributed by atoms with Crippen molar-refractivity contribution in [2.75, 3.05) is 19.0 Å². The molecule has 1 N–H and O–H groups in total. The molecule has 0 saturated carbocycles. The lowest BCUT2D eigenvalue weighted by atomic mass is 10.2. The van der Waals surface area contributed by atoms with Gasteiger partial charge in [-0.15, -0.1) is 11.3 Å². The lowest BCUT2D eigenvalue weighted by Gasteiger charge is -2.15. The third-order valence-electron chi connectivity index (χ3n) is 3.63. The maximum atomic E-state index is 12.5. The summed E-state index contributed by atoms with van der Waals surface area (Å²) in [5, 5.41) is 4.75. The number of thioether (sulfide) groups is 1. The Kier molecular flexibility index (Phi) is 6.08. The fourth-order valence-corrected chi connectivity index (χ4v) is 4.40. The van der Waals surface area contributed by atoms with Crippen molar-refractivity contribution < 1.29 is 14.3 Å². The van der Waals surface area contributed by atoms with E-state index in [1.165, 1.54) is 16.7 Å². The first-order chi connectivity index (χ1) is 12.6. The van der Waals surface area contributed by atoms with Gasteiger partial charge in [-0.1, -0.05) is 42.2 Å². The highest BCUT2D eigenvalue weighted by Crippen LogP contribution is 2.33. The smallest absolute Gasteiger partial charge is 0.266 e. The zero-order chi connectivity index (χ0) is 18.5. The normalized spacial score (nSPS) is 15.6. The van der Waals surface area contributed by atoms with Crippen molar-refractivity contribution in [3.05, 3.63) is 51.6 Å². The van der Waals surface area contributed by atoms with Crippen LogP contribution in [0.15, 0.2) is 46.7 Å². The van der Waals surface area contributed by atoms with E-state index in [-0.39, 0.29) is 24.8 Å². The summed E-state index contributed by atoms with van der Waals surface area (Å²) in [6.45, 7) is 0.243. The molecule has 2 heterocycles. The second-order valence-electron chi connectivity index (χ2n) is 5.35. The van der Waals surface area contributed by atoms with Gasteiger partial charge < -0.3 is 10.1 Å². The minimum atomic E-state index is -0.203. The number of benzene rings is 1. The molecular formula is C18H16N2O3S3. The molecule has 1 saturated heterocycles. The van der Waals surface area contributed by atoms with Crippen LogP contribution in [-0.2, 0) is 9.59 Å². The molecule has 1 aliphatic rings. The first kappa shape index (κ1) is 18.6. The number of carbonyl (C=O) groups excluding carboxylic acids is 2. The Bertz CT molecular complexity index is 862. The Labute approximate surface area is 165 Å². The average molecular weight is 405 g/mol. The van der Waals surface area contributed by atoms with Crippen LogP contribution in [0.2, 0.25) is 0 Å². The molecule has 134 valence electrons. The summed E-state index contributed by atoms with van der Waals surface area (Å²) in [5.41, 5.74) is 0.600. The summed E-state index contributed by atoms with van der Waals surface area (Å²) in [7, 11) is 1.55. The predicted molar refractivity (Wildman–Crippen MR) is 110 cm³/mol. The van der Waals surface area contributed by atoms with E-state index < -0.39 is 0 Å². The molecule has 0 aliphatic carbocycles. The van der Waals surface area contributed by atoms with Crippen LogP contribution in [0.5, 0.6) is 5.75 Å². The SMILES string of the molecule is COc1ccccc1NC(=O)CCN1C(=O)/C(=C/c2cccs2)SC1=S. The van der Waals surface area contributed by atoms with Gasteiger partial charge in [0.15, 0.2) is 0 Å². The number of anilines is 1. The van der Waals surface area contributed by atoms with Gasteiger partial charge >= 0.3 is 0 Å². The van der Waals surface area contributed by atoms with Crippen LogP contribution < -0.4 is 10.1 Å². The first-order valence-corrected chi connectivity index (χ1v) is 9.90. The van der Waals surface area contributed by atoms with E-state index in [0.29, 0.717) is 20.7 Å². The van der Waals surface area contributed by atoms with Gasteiger partial charge in [0.25, 0.3) is 5.91 Å². The van der Waals surface area contributed by atoms with Crippen LogP contribution >= 0.6 is 35.3 Å². The number of hydrogen-bond donors (Lipinski definition) is 1. The van der Waals surface area contributed by atoms with E-state index >= 15 is 0 Å². The van der Waals surface area contributed by atoms with E-state index in [4.69, 9.17) is 17.0 Å². The molecule has 8 heteroatoms. The second-order valence-corrected chi connectivity index (χ2v) is 8.00. The van der Waals surface area contributed by atoms with Gasteiger partial charge in [-0.2, -0.15) is 0 Å². The van der Waals surface area contributed by atoms with Gasteiger partial charge in [0.2, 0.25) is 5.91 Å². The number of amides is 2. The Morgan fingerprint density at radius 3 is 2.85 bits per heavy atom. The third kappa shape index (κ3) is 4.32. The number of ether oxygens (including phenoxy) is 1. The van der Waals surface area contributed by atoms with Crippen molar-refractivity contribution >= 4 is 63.2 Å². The van der Waals surface area contributed by atoms with Crippen LogP contribution in [0.25, 0.3) is 6.08 Å². The first-order valence-electron chi connectivity index (χ1n) is 7.80. The molecular weight excluding hydrogens is 388 g/mol. The molecule has 0 unspecified atom stereocenters. The molecule has 0 radical (unpaired) electrons. The number of hydrogen-bond acceptors (Lipinski definition) is 6. The van der Waals surface area contributed by atoms with Crippen molar-refractivity contribution in [1.82, 2.24) is 4.90 Å². The molecule has 5 nitrogen and oxygen atoms in total. The lowest BCUT2D eigenvalue weighted by Crippen LogP contribution is -2.31. The van der Waals surface area contributed by atoms with Crippen molar-refractivity contribution in [3.63, 3.8) is 0 Å². The Morgan fingerprint density at radius 1 is 1.31 bits per heavy atom. The highest BCUT2D eigenvalue weighted by atomic mass is 32.2. The van der Waals surface area contributed by atoms with Gasteiger partial charge in [0, 0.05) is 17.8 Å². The van der Waals surface area contributed by atoms with Gasteiger partial charge in [-0.3, -0.25) is 14.5 Å². The number of rotatable bonds is 6. The average Bonchev–Trinajstić information content (AvgIpc) is 3.23. The summed E-state index contributed by atoms with van der Waals surface area (Å²) in [5.74, 6) is 0.231. The summed E-state index contributed by atoms with van der Waals surface area (Å²) >= 11 is 8.11. The molecule has 1 aromatic carbocycles. The third-order valence-corrected chi connectivity index (χ3v) is 5.83. The number of methoxy groups -OCH3 is 1. The largest absolute Gasteiger partial charge is 0.495 e. The van der Waals surface area contributed by atoms with E-state index in [1.54, 1.807) is 30.6 Å². The predicted octanol–water partition coefficient (Wildman–Crippen LogP) is 3.99. The van der Waals surface area contributed by atoms with Crippen molar-refractivity contribution in [2.24, 2.45) is 0 Å². The molecule has 26 heavy (non-hydrogen) atoms. The molecule has 0 spiro atoms. The van der Waals surface area contributed by atoms with Crippen LogP contribution in [0, 0.1) is 0 Å². The number of thiocarbonyl (C=S) groups is 1. The van der Waals surface area contributed by atoms with Crippen LogP contribution in [0.3, 0.4) is 0 Å². The molecule has 1 fully saturated rings. The Morgan fingerprint density at radius 2 is 2.12 bits per heavy atom. The van der Waals surface area contributed by atoms with Crippen LogP contribution in [-0.4, -0.2) is 34.7 Å². The minimum absolute atomic E-state index is 0.150.